The number of hydrogen-bond donors (Lipinski definition) is 1. The van der Waals surface area contributed by atoms with Gasteiger partial charge in [0.05, 0.1) is 12.7 Å². The molecule has 0 bridgehead atoms. The van der Waals surface area contributed by atoms with Gasteiger partial charge in [-0.3, -0.25) is 0 Å². The molecular weight excluding hydrogens is 280 g/mol. The second-order valence-corrected chi connectivity index (χ2v) is 7.74. The van der Waals surface area contributed by atoms with Gasteiger partial charge < -0.3 is 19.7 Å². The molecule has 2 spiro atoms. The molecule has 4 fully saturated rings. The first-order valence-corrected chi connectivity index (χ1v) is 8.92. The molecule has 3 atom stereocenters. The molecule has 0 aromatic carbocycles. The molecule has 5 heteroatoms. The van der Waals surface area contributed by atoms with Crippen LogP contribution in [0.15, 0.2) is 0 Å². The van der Waals surface area contributed by atoms with Gasteiger partial charge in [0.1, 0.15) is 0 Å². The number of nitrogens with one attached hydrogen (secondary N) is 1. The zero-order valence-corrected chi connectivity index (χ0v) is 13.6. The fourth-order valence-corrected chi connectivity index (χ4v) is 4.96. The van der Waals surface area contributed by atoms with E-state index in [0.29, 0.717) is 12.1 Å². The summed E-state index contributed by atoms with van der Waals surface area (Å²) in [5.41, 5.74) is 0.499. The highest BCUT2D eigenvalue weighted by Crippen LogP contribution is 2.57. The topological polar surface area (TPSA) is 50.8 Å². The Kier molecular flexibility index (Phi) is 3.61. The summed E-state index contributed by atoms with van der Waals surface area (Å²) >= 11 is 0. The first-order chi connectivity index (χ1) is 10.7. The molecule has 2 aliphatic carbocycles. The van der Waals surface area contributed by atoms with Crippen LogP contribution in [0, 0.1) is 10.8 Å². The Morgan fingerprint density at radius 2 is 2.23 bits per heavy atom. The molecule has 2 saturated heterocycles. The minimum Gasteiger partial charge on any atom is -0.381 e. The number of rotatable bonds is 3. The number of likely N-dealkylation sites (tertiary alicyclic amines) is 1. The van der Waals surface area contributed by atoms with Crippen LogP contribution in [0.4, 0.5) is 4.79 Å². The highest BCUT2D eigenvalue weighted by Gasteiger charge is 2.59. The molecule has 2 amide bonds. The van der Waals surface area contributed by atoms with Gasteiger partial charge in [-0.1, -0.05) is 6.42 Å². The molecule has 4 aliphatic rings. The van der Waals surface area contributed by atoms with Gasteiger partial charge in [-0.25, -0.2) is 4.79 Å². The second-order valence-electron chi connectivity index (χ2n) is 7.74. The van der Waals surface area contributed by atoms with Crippen molar-refractivity contribution in [1.29, 1.82) is 0 Å². The maximum atomic E-state index is 12.6. The van der Waals surface area contributed by atoms with Crippen molar-refractivity contribution in [3.63, 3.8) is 0 Å². The summed E-state index contributed by atoms with van der Waals surface area (Å²) in [5, 5.41) is 3.31. The number of carbonyl (C=O) groups excluding carboxylic acids is 1. The summed E-state index contributed by atoms with van der Waals surface area (Å²) in [5.74, 6) is 0. The predicted octanol–water partition coefficient (Wildman–Crippen LogP) is 2.16. The molecule has 1 N–H and O–H groups in total. The molecule has 124 valence electrons. The Morgan fingerprint density at radius 3 is 2.86 bits per heavy atom. The lowest BCUT2D eigenvalue weighted by Gasteiger charge is -2.61. The molecular formula is C17H28N2O3. The van der Waals surface area contributed by atoms with Crippen LogP contribution in [0.2, 0.25) is 0 Å². The van der Waals surface area contributed by atoms with Gasteiger partial charge in [0.2, 0.25) is 0 Å². The van der Waals surface area contributed by atoms with E-state index in [4.69, 9.17) is 9.47 Å². The van der Waals surface area contributed by atoms with Gasteiger partial charge in [-0.2, -0.15) is 0 Å². The van der Waals surface area contributed by atoms with Crippen molar-refractivity contribution in [2.75, 3.05) is 32.9 Å². The van der Waals surface area contributed by atoms with Crippen LogP contribution in [-0.4, -0.2) is 56.0 Å². The van der Waals surface area contributed by atoms with Crippen LogP contribution in [0.1, 0.15) is 45.4 Å². The fourth-order valence-electron chi connectivity index (χ4n) is 4.96. The number of ether oxygens (including phenoxy) is 2. The third-order valence-electron chi connectivity index (χ3n) is 6.65. The lowest BCUT2D eigenvalue weighted by Crippen LogP contribution is -2.68. The van der Waals surface area contributed by atoms with Crippen LogP contribution in [-0.2, 0) is 9.47 Å². The minimum absolute atomic E-state index is 0.134. The highest BCUT2D eigenvalue weighted by molar-refractivity contribution is 5.75. The third kappa shape index (κ3) is 2.16. The zero-order valence-electron chi connectivity index (χ0n) is 13.6. The van der Waals surface area contributed by atoms with Crippen LogP contribution in [0.5, 0.6) is 0 Å². The molecule has 0 aromatic rings. The van der Waals surface area contributed by atoms with Gasteiger partial charge >= 0.3 is 6.03 Å². The van der Waals surface area contributed by atoms with E-state index in [1.165, 1.54) is 19.3 Å². The van der Waals surface area contributed by atoms with E-state index < -0.39 is 0 Å². The predicted molar refractivity (Wildman–Crippen MR) is 82.7 cm³/mol. The molecule has 0 radical (unpaired) electrons. The van der Waals surface area contributed by atoms with Crippen molar-refractivity contribution < 1.29 is 14.3 Å². The van der Waals surface area contributed by atoms with E-state index in [0.717, 1.165) is 52.2 Å². The van der Waals surface area contributed by atoms with Crippen molar-refractivity contribution in [2.24, 2.45) is 10.8 Å². The Morgan fingerprint density at radius 1 is 1.36 bits per heavy atom. The molecule has 22 heavy (non-hydrogen) atoms. The maximum Gasteiger partial charge on any atom is 0.317 e. The first kappa shape index (κ1) is 14.8. The average molecular weight is 308 g/mol. The number of nitrogens with zero attached hydrogens (tertiary/aromatic N) is 1. The van der Waals surface area contributed by atoms with Crippen molar-refractivity contribution in [3.05, 3.63) is 0 Å². The number of urea groups is 1. The minimum atomic E-state index is 0.134. The van der Waals surface area contributed by atoms with E-state index in [1.807, 2.05) is 4.90 Å². The monoisotopic (exact) mass is 308 g/mol. The molecule has 5 nitrogen and oxygen atoms in total. The van der Waals surface area contributed by atoms with E-state index in [1.54, 1.807) is 0 Å². The first-order valence-electron chi connectivity index (χ1n) is 8.92. The molecule has 3 unspecified atom stereocenters. The van der Waals surface area contributed by atoms with Crippen molar-refractivity contribution in [1.82, 2.24) is 10.2 Å². The van der Waals surface area contributed by atoms with Gasteiger partial charge in [-0.15, -0.1) is 0 Å². The molecule has 2 saturated carbocycles. The highest BCUT2D eigenvalue weighted by atomic mass is 16.5. The number of carbonyl (C=O) groups is 1. The summed E-state index contributed by atoms with van der Waals surface area (Å²) < 4.78 is 11.4. The number of hydrogen-bond acceptors (Lipinski definition) is 3. The van der Waals surface area contributed by atoms with Gasteiger partial charge in [0.15, 0.2) is 0 Å². The summed E-state index contributed by atoms with van der Waals surface area (Å²) in [6, 6.07) is 0.455. The summed E-state index contributed by atoms with van der Waals surface area (Å²) in [4.78, 5) is 14.6. The molecule has 2 aliphatic heterocycles. The molecule has 4 rings (SSSR count). The third-order valence-corrected chi connectivity index (χ3v) is 6.65. The van der Waals surface area contributed by atoms with Gasteiger partial charge in [0.25, 0.3) is 0 Å². The maximum absolute atomic E-state index is 12.6. The summed E-state index contributed by atoms with van der Waals surface area (Å²) in [7, 11) is 0. The van der Waals surface area contributed by atoms with Crippen LogP contribution >= 0.6 is 0 Å². The van der Waals surface area contributed by atoms with E-state index in [9.17, 15) is 4.79 Å². The van der Waals surface area contributed by atoms with Crippen LogP contribution in [0.3, 0.4) is 0 Å². The fraction of sp³-hybridized carbons (Fsp3) is 0.941. The molecule has 2 heterocycles. The zero-order chi connectivity index (χ0) is 15.2. The largest absolute Gasteiger partial charge is 0.381 e. The van der Waals surface area contributed by atoms with Gasteiger partial charge in [-0.05, 0) is 39.0 Å². The van der Waals surface area contributed by atoms with Crippen LogP contribution in [0.25, 0.3) is 0 Å². The lowest BCUT2D eigenvalue weighted by molar-refractivity contribution is -0.169. The van der Waals surface area contributed by atoms with Crippen molar-refractivity contribution >= 4 is 6.03 Å². The van der Waals surface area contributed by atoms with E-state index in [2.05, 4.69) is 12.2 Å². The Balaban J connectivity index is 1.33. The lowest BCUT2D eigenvalue weighted by atomic mass is 9.51. The normalized spacial score (nSPS) is 39.0. The summed E-state index contributed by atoms with van der Waals surface area (Å²) in [6.45, 7) is 6.28. The van der Waals surface area contributed by atoms with Crippen molar-refractivity contribution in [2.45, 2.75) is 57.6 Å². The standard InChI is InChI=1S/C17H28N2O3/c1-2-22-14-10-13(17(14)4-3-5-17)18-15(20)19-8-6-16(11-19)7-9-21-12-16/h13-14H,2-12H2,1H3,(H,18,20). The quantitative estimate of drug-likeness (QED) is 0.869. The van der Waals surface area contributed by atoms with Gasteiger partial charge in [0, 0.05) is 43.2 Å². The Hall–Kier alpha value is -0.810. The summed E-state index contributed by atoms with van der Waals surface area (Å²) in [6.07, 6.45) is 7.25. The van der Waals surface area contributed by atoms with E-state index in [-0.39, 0.29) is 16.9 Å². The molecule has 0 aromatic heterocycles. The number of amides is 2. The van der Waals surface area contributed by atoms with Crippen LogP contribution < -0.4 is 5.32 Å². The average Bonchev–Trinajstić information content (AvgIpc) is 3.06. The Labute approximate surface area is 132 Å². The smallest absolute Gasteiger partial charge is 0.317 e. The van der Waals surface area contributed by atoms with E-state index >= 15 is 0 Å². The SMILES string of the molecule is CCOC1CC(NC(=O)N2CCC3(CCOC3)C2)C12CCC2. The van der Waals surface area contributed by atoms with Crippen molar-refractivity contribution in [3.8, 4) is 0 Å². The Bertz CT molecular complexity index is 443. The second kappa shape index (κ2) is 5.38.